The summed E-state index contributed by atoms with van der Waals surface area (Å²) in [5.41, 5.74) is 2.11. The van der Waals surface area contributed by atoms with Gasteiger partial charge in [0, 0.05) is 34.2 Å². The van der Waals surface area contributed by atoms with Crippen LogP contribution in [-0.2, 0) is 9.84 Å². The largest absolute Gasteiger partial charge is 0.392 e. The number of benzene rings is 1. The van der Waals surface area contributed by atoms with Crippen molar-refractivity contribution in [2.24, 2.45) is 0 Å². The molecule has 2 heterocycles. The van der Waals surface area contributed by atoms with Crippen LogP contribution in [-0.4, -0.2) is 44.0 Å². The van der Waals surface area contributed by atoms with Crippen LogP contribution in [0.3, 0.4) is 0 Å². The van der Waals surface area contributed by atoms with Crippen LogP contribution in [0.25, 0.3) is 10.9 Å². The fourth-order valence-corrected chi connectivity index (χ4v) is 5.13. The van der Waals surface area contributed by atoms with E-state index >= 15 is 0 Å². The van der Waals surface area contributed by atoms with E-state index in [0.717, 1.165) is 20.0 Å². The van der Waals surface area contributed by atoms with Crippen molar-refractivity contribution in [3.8, 4) is 0 Å². The third kappa shape index (κ3) is 3.38. The molecule has 23 heavy (non-hydrogen) atoms. The van der Waals surface area contributed by atoms with Gasteiger partial charge in [0.1, 0.15) is 0 Å². The zero-order chi connectivity index (χ0) is 16.8. The van der Waals surface area contributed by atoms with Crippen LogP contribution in [0.1, 0.15) is 23.6 Å². The Morgan fingerprint density at radius 1 is 1.35 bits per heavy atom. The first-order valence-corrected chi connectivity index (χ1v) is 10.4. The Labute approximate surface area is 149 Å². The average Bonchev–Trinajstić information content (AvgIpc) is 2.45. The maximum Gasteiger partial charge on any atom is 0.177 e. The van der Waals surface area contributed by atoms with Crippen LogP contribution in [0.4, 0.5) is 0 Å². The smallest absolute Gasteiger partial charge is 0.177 e. The van der Waals surface area contributed by atoms with Crippen LogP contribution < -0.4 is 5.32 Å². The van der Waals surface area contributed by atoms with Gasteiger partial charge >= 0.3 is 0 Å². The quantitative estimate of drug-likeness (QED) is 0.690. The second-order valence-electron chi connectivity index (χ2n) is 6.12. The predicted molar refractivity (Wildman–Crippen MR) is 98.5 cm³/mol. The van der Waals surface area contributed by atoms with E-state index in [-0.39, 0.29) is 5.92 Å². The number of fused-ring (bicyclic) bond motifs is 1. The van der Waals surface area contributed by atoms with Crippen molar-refractivity contribution < 1.29 is 13.5 Å². The number of nitrogens with one attached hydrogen (secondary N) is 1. The van der Waals surface area contributed by atoms with Crippen molar-refractivity contribution in [3.63, 3.8) is 0 Å². The van der Waals surface area contributed by atoms with Gasteiger partial charge in [-0.1, -0.05) is 0 Å². The number of aryl methyl sites for hydroxylation is 1. The molecule has 3 rings (SSSR count). The molecule has 0 amide bonds. The lowest BCUT2D eigenvalue weighted by molar-refractivity contribution is 0.132. The van der Waals surface area contributed by atoms with Crippen LogP contribution in [0, 0.1) is 10.5 Å². The molecule has 2 N–H and O–H groups in total. The molecule has 1 aromatic carbocycles. The fourth-order valence-electron chi connectivity index (χ4n) is 3.38. The molecule has 2 aromatic rings. The second-order valence-corrected chi connectivity index (χ2v) is 9.32. The minimum Gasteiger partial charge on any atom is -0.392 e. The van der Waals surface area contributed by atoms with Gasteiger partial charge < -0.3 is 10.4 Å². The van der Waals surface area contributed by atoms with E-state index in [1.807, 2.05) is 18.2 Å². The van der Waals surface area contributed by atoms with Gasteiger partial charge in [-0.15, -0.1) is 0 Å². The monoisotopic (exact) mass is 446 g/mol. The SMILES string of the molecule is Cc1nc2ccc(I)cc2c(C2CNCC(O)C2)c1S(C)(=O)=O. The topological polar surface area (TPSA) is 79.3 Å². The van der Waals surface area contributed by atoms with Crippen LogP contribution in [0.5, 0.6) is 0 Å². The van der Waals surface area contributed by atoms with Gasteiger partial charge in [0.25, 0.3) is 0 Å². The van der Waals surface area contributed by atoms with Crippen molar-refractivity contribution in [1.29, 1.82) is 0 Å². The highest BCUT2D eigenvalue weighted by atomic mass is 127. The molecule has 5 nitrogen and oxygen atoms in total. The zero-order valence-corrected chi connectivity index (χ0v) is 16.0. The van der Waals surface area contributed by atoms with E-state index in [0.29, 0.717) is 30.1 Å². The van der Waals surface area contributed by atoms with Gasteiger partial charge in [-0.25, -0.2) is 8.42 Å². The molecule has 0 aliphatic carbocycles. The minimum atomic E-state index is -3.41. The van der Waals surface area contributed by atoms with E-state index in [9.17, 15) is 13.5 Å². The van der Waals surface area contributed by atoms with E-state index < -0.39 is 15.9 Å². The van der Waals surface area contributed by atoms with Crippen LogP contribution >= 0.6 is 22.6 Å². The lowest BCUT2D eigenvalue weighted by Crippen LogP contribution is -2.38. The maximum atomic E-state index is 12.4. The highest BCUT2D eigenvalue weighted by molar-refractivity contribution is 14.1. The lowest BCUT2D eigenvalue weighted by Gasteiger charge is -2.29. The second kappa shape index (κ2) is 6.27. The summed E-state index contributed by atoms with van der Waals surface area (Å²) in [6.45, 7) is 2.94. The number of sulfone groups is 1. The molecule has 1 aliphatic rings. The van der Waals surface area contributed by atoms with Crippen molar-refractivity contribution in [2.45, 2.75) is 30.3 Å². The summed E-state index contributed by atoms with van der Waals surface area (Å²) >= 11 is 2.22. The Morgan fingerprint density at radius 3 is 2.74 bits per heavy atom. The number of rotatable bonds is 2. The summed E-state index contributed by atoms with van der Waals surface area (Å²) in [5, 5.41) is 14.1. The summed E-state index contributed by atoms with van der Waals surface area (Å²) in [5.74, 6) is -0.0501. The molecule has 1 saturated heterocycles. The van der Waals surface area contributed by atoms with Gasteiger partial charge in [-0.2, -0.15) is 0 Å². The Balaban J connectivity index is 2.36. The highest BCUT2D eigenvalue weighted by Gasteiger charge is 2.30. The predicted octanol–water partition coefficient (Wildman–Crippen LogP) is 1.99. The van der Waals surface area contributed by atoms with Crippen molar-refractivity contribution in [2.75, 3.05) is 19.3 Å². The van der Waals surface area contributed by atoms with Gasteiger partial charge in [0.15, 0.2) is 9.84 Å². The van der Waals surface area contributed by atoms with Gasteiger partial charge in [-0.3, -0.25) is 4.98 Å². The summed E-state index contributed by atoms with van der Waals surface area (Å²) in [7, 11) is -3.41. The average molecular weight is 446 g/mol. The van der Waals surface area contributed by atoms with Crippen LogP contribution in [0.15, 0.2) is 23.1 Å². The number of halogens is 1. The number of β-amino-alcohol motifs (C(OH)–C–C–N with tert-alkyl or cyclic N) is 1. The van der Waals surface area contributed by atoms with E-state index in [1.165, 1.54) is 6.26 Å². The molecule has 124 valence electrons. The number of hydrogen-bond donors (Lipinski definition) is 2. The number of pyridine rings is 1. The minimum absolute atomic E-state index is 0.0501. The van der Waals surface area contributed by atoms with Gasteiger partial charge in [0.05, 0.1) is 22.2 Å². The molecule has 1 aromatic heterocycles. The summed E-state index contributed by atoms with van der Waals surface area (Å²) in [4.78, 5) is 4.81. The van der Waals surface area contributed by atoms with E-state index in [1.54, 1.807) is 6.92 Å². The number of aliphatic hydroxyl groups excluding tert-OH is 1. The van der Waals surface area contributed by atoms with Crippen molar-refractivity contribution in [3.05, 3.63) is 33.0 Å². The molecule has 0 saturated carbocycles. The molecule has 0 spiro atoms. The number of hydrogen-bond acceptors (Lipinski definition) is 5. The standard InChI is InChI=1S/C16H19IN2O3S/c1-9-16(23(2,21)22)15(10-5-12(20)8-18-7-10)13-6-11(17)3-4-14(13)19-9/h3-4,6,10,12,18,20H,5,7-8H2,1-2H3. The number of piperidine rings is 1. The molecule has 1 aliphatic heterocycles. The molecular weight excluding hydrogens is 427 g/mol. The third-order valence-corrected chi connectivity index (χ3v) is 6.14. The van der Waals surface area contributed by atoms with E-state index in [4.69, 9.17) is 0 Å². The Kier molecular flexibility index (Phi) is 4.65. The van der Waals surface area contributed by atoms with Crippen LogP contribution in [0.2, 0.25) is 0 Å². The first kappa shape index (κ1) is 17.1. The first-order valence-electron chi connectivity index (χ1n) is 7.46. The molecule has 0 bridgehead atoms. The van der Waals surface area contributed by atoms with Gasteiger partial charge in [-0.05, 0) is 59.7 Å². The third-order valence-electron chi connectivity index (χ3n) is 4.22. The number of nitrogens with zero attached hydrogens (tertiary/aromatic N) is 1. The summed E-state index contributed by atoms with van der Waals surface area (Å²) < 4.78 is 25.8. The normalized spacial score (nSPS) is 22.4. The highest BCUT2D eigenvalue weighted by Crippen LogP contribution is 2.36. The molecule has 1 fully saturated rings. The summed E-state index contributed by atoms with van der Waals surface area (Å²) in [6.07, 6.45) is 1.32. The molecule has 2 unspecified atom stereocenters. The summed E-state index contributed by atoms with van der Waals surface area (Å²) in [6, 6.07) is 5.87. The van der Waals surface area contributed by atoms with Crippen molar-refractivity contribution in [1.82, 2.24) is 10.3 Å². The fraction of sp³-hybridized carbons (Fsp3) is 0.438. The Bertz CT molecular complexity index is 867. The molecule has 7 heteroatoms. The molecule has 0 radical (unpaired) electrons. The first-order chi connectivity index (χ1) is 10.8. The lowest BCUT2D eigenvalue weighted by atomic mass is 9.87. The Morgan fingerprint density at radius 2 is 2.09 bits per heavy atom. The number of aliphatic hydroxyl groups is 1. The van der Waals surface area contributed by atoms with E-state index in [2.05, 4.69) is 32.9 Å². The Hall–Kier alpha value is -0.770. The van der Waals surface area contributed by atoms with Crippen molar-refractivity contribution >= 4 is 43.3 Å². The molecular formula is C16H19IN2O3S. The maximum absolute atomic E-state index is 12.4. The van der Waals surface area contributed by atoms with Gasteiger partial charge in [0.2, 0.25) is 0 Å². The zero-order valence-electron chi connectivity index (χ0n) is 13.0. The number of aromatic nitrogens is 1. The molecule has 2 atom stereocenters.